The van der Waals surface area contributed by atoms with Crippen LogP contribution in [0.3, 0.4) is 0 Å². The van der Waals surface area contributed by atoms with Crippen molar-refractivity contribution in [3.63, 3.8) is 0 Å². The van der Waals surface area contributed by atoms with Crippen LogP contribution in [0, 0.1) is 0 Å². The zero-order chi connectivity index (χ0) is 18.5. The van der Waals surface area contributed by atoms with Gasteiger partial charge in [0.25, 0.3) is 0 Å². The summed E-state index contributed by atoms with van der Waals surface area (Å²) in [5.41, 5.74) is 3.54. The Hall–Kier alpha value is -3.08. The first-order valence-corrected chi connectivity index (χ1v) is 9.53. The summed E-state index contributed by atoms with van der Waals surface area (Å²) >= 11 is 0. The minimum Gasteiger partial charge on any atom is -0.372 e. The average molecular weight is 359 g/mol. The van der Waals surface area contributed by atoms with Crippen molar-refractivity contribution in [2.75, 3.05) is 28.6 Å². The quantitative estimate of drug-likeness (QED) is 0.649. The summed E-state index contributed by atoms with van der Waals surface area (Å²) in [6, 6.07) is 21.0. The van der Waals surface area contributed by atoms with Gasteiger partial charge >= 0.3 is 0 Å². The second-order valence-corrected chi connectivity index (χ2v) is 6.93. The predicted octanol–water partition coefficient (Wildman–Crippen LogP) is 4.99. The van der Waals surface area contributed by atoms with Crippen molar-refractivity contribution in [2.24, 2.45) is 0 Å². The molecule has 3 aromatic rings. The first-order valence-electron chi connectivity index (χ1n) is 9.53. The van der Waals surface area contributed by atoms with Gasteiger partial charge in [-0.2, -0.15) is 0 Å². The molecule has 1 atom stereocenters. The van der Waals surface area contributed by atoms with Crippen LogP contribution < -0.4 is 15.5 Å². The van der Waals surface area contributed by atoms with Gasteiger partial charge in [-0.15, -0.1) is 0 Å². The molecule has 0 spiro atoms. The fourth-order valence-corrected chi connectivity index (χ4v) is 3.43. The van der Waals surface area contributed by atoms with Crippen LogP contribution >= 0.6 is 0 Å². The summed E-state index contributed by atoms with van der Waals surface area (Å²) < 4.78 is 0. The molecule has 138 valence electrons. The number of aromatic nitrogens is 2. The monoisotopic (exact) mass is 359 g/mol. The topological polar surface area (TPSA) is 53.1 Å². The summed E-state index contributed by atoms with van der Waals surface area (Å²) in [5, 5.41) is 6.80. The van der Waals surface area contributed by atoms with Crippen molar-refractivity contribution in [1.29, 1.82) is 0 Å². The van der Waals surface area contributed by atoms with Gasteiger partial charge in [0.2, 0.25) is 0 Å². The predicted molar refractivity (Wildman–Crippen MR) is 112 cm³/mol. The van der Waals surface area contributed by atoms with Crippen LogP contribution in [-0.2, 0) is 0 Å². The second kappa shape index (κ2) is 8.08. The lowest BCUT2D eigenvalue weighted by Gasteiger charge is -2.18. The molecule has 1 saturated heterocycles. The van der Waals surface area contributed by atoms with Gasteiger partial charge in [0.05, 0.1) is 0 Å². The molecule has 27 heavy (non-hydrogen) atoms. The maximum Gasteiger partial charge on any atom is 0.135 e. The SMILES string of the molecule is CC(Nc1cc(Nc2ccc(N3CCCC3)cc2)ncn1)c1ccccc1. The maximum atomic E-state index is 4.34. The molecule has 1 aliphatic rings. The molecule has 0 bridgehead atoms. The molecule has 0 radical (unpaired) electrons. The molecule has 0 aliphatic carbocycles. The largest absolute Gasteiger partial charge is 0.372 e. The molecule has 4 rings (SSSR count). The third-order valence-electron chi connectivity index (χ3n) is 4.94. The highest BCUT2D eigenvalue weighted by atomic mass is 15.1. The van der Waals surface area contributed by atoms with Gasteiger partial charge in [0, 0.05) is 36.6 Å². The molecule has 1 aromatic heterocycles. The van der Waals surface area contributed by atoms with E-state index in [1.807, 2.05) is 24.3 Å². The third kappa shape index (κ3) is 4.37. The molecule has 2 aromatic carbocycles. The number of hydrogen-bond acceptors (Lipinski definition) is 5. The first kappa shape index (κ1) is 17.3. The highest BCUT2D eigenvalue weighted by molar-refractivity contribution is 5.62. The van der Waals surface area contributed by atoms with E-state index in [0.29, 0.717) is 0 Å². The van der Waals surface area contributed by atoms with E-state index in [9.17, 15) is 0 Å². The summed E-state index contributed by atoms with van der Waals surface area (Å²) in [5.74, 6) is 1.58. The smallest absolute Gasteiger partial charge is 0.135 e. The average Bonchev–Trinajstić information content (AvgIpc) is 3.24. The molecule has 5 nitrogen and oxygen atoms in total. The van der Waals surface area contributed by atoms with Crippen molar-refractivity contribution in [3.8, 4) is 0 Å². The van der Waals surface area contributed by atoms with Gasteiger partial charge in [0.1, 0.15) is 18.0 Å². The fourth-order valence-electron chi connectivity index (χ4n) is 3.43. The zero-order valence-corrected chi connectivity index (χ0v) is 15.6. The second-order valence-electron chi connectivity index (χ2n) is 6.93. The van der Waals surface area contributed by atoms with E-state index in [2.05, 4.69) is 68.8 Å². The van der Waals surface area contributed by atoms with Crippen LogP contribution in [0.1, 0.15) is 31.4 Å². The van der Waals surface area contributed by atoms with Crippen molar-refractivity contribution < 1.29 is 0 Å². The Morgan fingerprint density at radius 1 is 0.889 bits per heavy atom. The number of rotatable bonds is 6. The normalized spacial score (nSPS) is 14.8. The number of benzene rings is 2. The van der Waals surface area contributed by atoms with Crippen LogP contribution in [0.2, 0.25) is 0 Å². The molecular weight excluding hydrogens is 334 g/mol. The molecule has 2 heterocycles. The van der Waals surface area contributed by atoms with Gasteiger partial charge in [-0.25, -0.2) is 9.97 Å². The standard InChI is InChI=1S/C22H25N5/c1-17(18-7-3-2-4-8-18)25-21-15-22(24-16-23-21)26-19-9-11-20(12-10-19)27-13-5-6-14-27/h2-4,7-12,15-17H,5-6,13-14H2,1H3,(H2,23,24,25,26). The van der Waals surface area contributed by atoms with E-state index in [0.717, 1.165) is 30.4 Å². The summed E-state index contributed by atoms with van der Waals surface area (Å²) in [7, 11) is 0. The van der Waals surface area contributed by atoms with E-state index in [-0.39, 0.29) is 6.04 Å². The highest BCUT2D eigenvalue weighted by Gasteiger charge is 2.12. The van der Waals surface area contributed by atoms with Crippen molar-refractivity contribution in [1.82, 2.24) is 9.97 Å². The van der Waals surface area contributed by atoms with E-state index >= 15 is 0 Å². The number of anilines is 4. The maximum absolute atomic E-state index is 4.34. The van der Waals surface area contributed by atoms with E-state index in [4.69, 9.17) is 0 Å². The van der Waals surface area contributed by atoms with Gasteiger partial charge in [-0.1, -0.05) is 30.3 Å². The van der Waals surface area contributed by atoms with Crippen LogP contribution in [0.15, 0.2) is 67.0 Å². The molecule has 2 N–H and O–H groups in total. The lowest BCUT2D eigenvalue weighted by atomic mass is 10.1. The van der Waals surface area contributed by atoms with Crippen molar-refractivity contribution in [3.05, 3.63) is 72.6 Å². The lowest BCUT2D eigenvalue weighted by Crippen LogP contribution is -2.17. The van der Waals surface area contributed by atoms with E-state index in [1.54, 1.807) is 6.33 Å². The van der Waals surface area contributed by atoms with Gasteiger partial charge < -0.3 is 15.5 Å². The summed E-state index contributed by atoms with van der Waals surface area (Å²) in [4.78, 5) is 11.1. The number of nitrogens with one attached hydrogen (secondary N) is 2. The van der Waals surface area contributed by atoms with Gasteiger partial charge in [0.15, 0.2) is 0 Å². The van der Waals surface area contributed by atoms with Crippen LogP contribution in [-0.4, -0.2) is 23.1 Å². The Labute approximate surface area is 160 Å². The van der Waals surface area contributed by atoms with Gasteiger partial charge in [-0.3, -0.25) is 0 Å². The fraction of sp³-hybridized carbons (Fsp3) is 0.273. The first-order chi connectivity index (χ1) is 13.3. The Kier molecular flexibility index (Phi) is 5.19. The lowest BCUT2D eigenvalue weighted by molar-refractivity contribution is 0.872. The van der Waals surface area contributed by atoms with Crippen molar-refractivity contribution >= 4 is 23.0 Å². The number of hydrogen-bond donors (Lipinski definition) is 2. The Morgan fingerprint density at radius 3 is 2.33 bits per heavy atom. The Balaban J connectivity index is 1.41. The minimum absolute atomic E-state index is 0.175. The molecule has 1 unspecified atom stereocenters. The molecular formula is C22H25N5. The number of nitrogens with zero attached hydrogens (tertiary/aromatic N) is 3. The molecule has 0 saturated carbocycles. The minimum atomic E-state index is 0.175. The van der Waals surface area contributed by atoms with Crippen LogP contribution in [0.4, 0.5) is 23.0 Å². The van der Waals surface area contributed by atoms with Crippen LogP contribution in [0.25, 0.3) is 0 Å². The molecule has 1 aliphatic heterocycles. The third-order valence-corrected chi connectivity index (χ3v) is 4.94. The van der Waals surface area contributed by atoms with Crippen LogP contribution in [0.5, 0.6) is 0 Å². The zero-order valence-electron chi connectivity index (χ0n) is 15.6. The Bertz CT molecular complexity index is 857. The van der Waals surface area contributed by atoms with E-state index < -0.39 is 0 Å². The summed E-state index contributed by atoms with van der Waals surface area (Å²) in [6.45, 7) is 4.45. The van der Waals surface area contributed by atoms with Crippen molar-refractivity contribution in [2.45, 2.75) is 25.8 Å². The summed E-state index contributed by atoms with van der Waals surface area (Å²) in [6.07, 6.45) is 4.16. The highest BCUT2D eigenvalue weighted by Crippen LogP contribution is 2.24. The molecule has 1 fully saturated rings. The molecule has 5 heteroatoms. The molecule has 0 amide bonds. The van der Waals surface area contributed by atoms with E-state index in [1.165, 1.54) is 24.1 Å². The van der Waals surface area contributed by atoms with Gasteiger partial charge in [-0.05, 0) is 49.6 Å². The Morgan fingerprint density at radius 2 is 1.59 bits per heavy atom.